The van der Waals surface area contributed by atoms with Crippen LogP contribution in [-0.4, -0.2) is 23.1 Å². The number of allylic oxidation sites excluding steroid dienone is 1. The van der Waals surface area contributed by atoms with E-state index in [1.807, 2.05) is 36.4 Å². The standard InChI is InChI=1S/C14H8O2.C10H6O2/c15-13-11-7-3-1-5-9(11)10-6-2-4-8-12(10)14(13)16;11-9-6-5-7-3-1-2-4-8(7)10(9)12/h1-8H;1-6H. The first-order valence-corrected chi connectivity index (χ1v) is 8.71. The Morgan fingerprint density at radius 2 is 0.821 bits per heavy atom. The molecule has 0 saturated heterocycles. The van der Waals surface area contributed by atoms with Gasteiger partial charge in [-0.15, -0.1) is 0 Å². The van der Waals surface area contributed by atoms with Crippen LogP contribution in [0.2, 0.25) is 0 Å². The molecule has 0 N–H and O–H groups in total. The van der Waals surface area contributed by atoms with Crippen LogP contribution >= 0.6 is 0 Å². The van der Waals surface area contributed by atoms with Gasteiger partial charge in [0, 0.05) is 16.7 Å². The van der Waals surface area contributed by atoms with Crippen molar-refractivity contribution in [2.75, 3.05) is 0 Å². The van der Waals surface area contributed by atoms with E-state index >= 15 is 0 Å². The molecule has 28 heavy (non-hydrogen) atoms. The molecule has 0 amide bonds. The van der Waals surface area contributed by atoms with Crippen molar-refractivity contribution in [2.45, 2.75) is 0 Å². The second kappa shape index (κ2) is 7.00. The Balaban J connectivity index is 0.000000143. The summed E-state index contributed by atoms with van der Waals surface area (Å²) in [7, 11) is 0. The summed E-state index contributed by atoms with van der Waals surface area (Å²) in [6, 6.07) is 21.5. The van der Waals surface area contributed by atoms with Crippen LogP contribution in [0.4, 0.5) is 0 Å². The van der Waals surface area contributed by atoms with Crippen molar-refractivity contribution in [1.29, 1.82) is 0 Å². The Morgan fingerprint density at radius 1 is 0.393 bits per heavy atom. The van der Waals surface area contributed by atoms with Crippen molar-refractivity contribution in [3.63, 3.8) is 0 Å². The molecule has 0 heterocycles. The van der Waals surface area contributed by atoms with Gasteiger partial charge in [0.15, 0.2) is 0 Å². The summed E-state index contributed by atoms with van der Waals surface area (Å²) in [6.07, 6.45) is 2.98. The molecule has 0 aromatic heterocycles. The van der Waals surface area contributed by atoms with Crippen LogP contribution in [0.25, 0.3) is 17.2 Å². The van der Waals surface area contributed by atoms with Crippen LogP contribution in [-0.2, 0) is 4.79 Å². The molecule has 0 saturated carbocycles. The van der Waals surface area contributed by atoms with Crippen LogP contribution in [0.5, 0.6) is 0 Å². The van der Waals surface area contributed by atoms with E-state index in [4.69, 9.17) is 0 Å². The van der Waals surface area contributed by atoms with Crippen LogP contribution in [0.3, 0.4) is 0 Å². The molecule has 0 spiro atoms. The van der Waals surface area contributed by atoms with Gasteiger partial charge >= 0.3 is 0 Å². The normalized spacial score (nSPS) is 13.9. The fourth-order valence-corrected chi connectivity index (χ4v) is 3.30. The first-order chi connectivity index (χ1) is 13.6. The quantitative estimate of drug-likeness (QED) is 0.559. The zero-order valence-corrected chi connectivity index (χ0v) is 14.7. The van der Waals surface area contributed by atoms with Gasteiger partial charge < -0.3 is 0 Å². The van der Waals surface area contributed by atoms with E-state index in [-0.39, 0.29) is 0 Å². The zero-order valence-electron chi connectivity index (χ0n) is 14.7. The molecule has 3 aromatic rings. The third-order valence-corrected chi connectivity index (χ3v) is 4.68. The molecular weight excluding hydrogens is 352 g/mol. The molecule has 2 aliphatic rings. The number of fused-ring (bicyclic) bond motifs is 4. The predicted octanol–water partition coefficient (Wildman–Crippen LogP) is 4.20. The van der Waals surface area contributed by atoms with Crippen molar-refractivity contribution < 1.29 is 19.2 Å². The second-order valence-corrected chi connectivity index (χ2v) is 6.36. The van der Waals surface area contributed by atoms with Gasteiger partial charge in [-0.05, 0) is 22.8 Å². The maximum absolute atomic E-state index is 11.8. The molecule has 0 atom stereocenters. The molecule has 0 radical (unpaired) electrons. The summed E-state index contributed by atoms with van der Waals surface area (Å²) < 4.78 is 0. The van der Waals surface area contributed by atoms with E-state index in [0.717, 1.165) is 16.7 Å². The molecule has 134 valence electrons. The lowest BCUT2D eigenvalue weighted by molar-refractivity contribution is -0.110. The zero-order chi connectivity index (χ0) is 19.7. The van der Waals surface area contributed by atoms with E-state index in [1.165, 1.54) is 6.08 Å². The van der Waals surface area contributed by atoms with E-state index in [1.54, 1.807) is 42.5 Å². The van der Waals surface area contributed by atoms with Gasteiger partial charge in [0.25, 0.3) is 0 Å². The fraction of sp³-hybridized carbons (Fsp3) is 0. The molecule has 3 aromatic carbocycles. The van der Waals surface area contributed by atoms with Crippen LogP contribution in [0.1, 0.15) is 36.6 Å². The number of hydrogen-bond acceptors (Lipinski definition) is 4. The smallest absolute Gasteiger partial charge is 0.234 e. The molecule has 4 nitrogen and oxygen atoms in total. The second-order valence-electron chi connectivity index (χ2n) is 6.36. The van der Waals surface area contributed by atoms with Crippen LogP contribution in [0, 0.1) is 0 Å². The highest BCUT2D eigenvalue weighted by Crippen LogP contribution is 2.32. The first kappa shape index (κ1) is 17.5. The van der Waals surface area contributed by atoms with Crippen LogP contribution in [0.15, 0.2) is 78.9 Å². The van der Waals surface area contributed by atoms with Gasteiger partial charge in [0.2, 0.25) is 23.1 Å². The van der Waals surface area contributed by atoms with E-state index in [2.05, 4.69) is 0 Å². The maximum Gasteiger partial charge on any atom is 0.234 e. The van der Waals surface area contributed by atoms with E-state index in [9.17, 15) is 19.2 Å². The number of hydrogen-bond donors (Lipinski definition) is 0. The monoisotopic (exact) mass is 366 g/mol. The van der Waals surface area contributed by atoms with E-state index < -0.39 is 23.1 Å². The maximum atomic E-state index is 11.8. The Kier molecular flexibility index (Phi) is 4.38. The van der Waals surface area contributed by atoms with Crippen molar-refractivity contribution in [3.8, 4) is 11.1 Å². The largest absolute Gasteiger partial charge is 0.286 e. The number of Topliss-reactive ketones (excluding diaryl/α,β-unsaturated/α-hetero) is 3. The Morgan fingerprint density at radius 3 is 1.36 bits per heavy atom. The van der Waals surface area contributed by atoms with Crippen molar-refractivity contribution in [3.05, 3.63) is 101 Å². The van der Waals surface area contributed by atoms with Gasteiger partial charge in [-0.3, -0.25) is 19.2 Å². The van der Waals surface area contributed by atoms with Gasteiger partial charge in [-0.25, -0.2) is 0 Å². The van der Waals surface area contributed by atoms with Crippen molar-refractivity contribution in [1.82, 2.24) is 0 Å². The molecule has 2 aliphatic carbocycles. The van der Waals surface area contributed by atoms with Crippen molar-refractivity contribution in [2.24, 2.45) is 0 Å². The van der Waals surface area contributed by atoms with E-state index in [0.29, 0.717) is 16.7 Å². The average molecular weight is 366 g/mol. The highest BCUT2D eigenvalue weighted by molar-refractivity contribution is 6.53. The number of carbonyl (C=O) groups is 4. The molecular formula is C24H14O4. The van der Waals surface area contributed by atoms with Crippen LogP contribution < -0.4 is 0 Å². The molecule has 0 bridgehead atoms. The fourth-order valence-electron chi connectivity index (χ4n) is 3.30. The summed E-state index contributed by atoms with van der Waals surface area (Å²) in [5, 5.41) is 0. The highest BCUT2D eigenvalue weighted by Gasteiger charge is 2.29. The number of carbonyl (C=O) groups excluding carboxylic acids is 4. The Hall–Kier alpha value is -3.92. The topological polar surface area (TPSA) is 68.3 Å². The number of ketones is 4. The average Bonchev–Trinajstić information content (AvgIpc) is 2.75. The lowest BCUT2D eigenvalue weighted by atomic mass is 9.84. The summed E-state index contributed by atoms with van der Waals surface area (Å²) in [4.78, 5) is 45.8. The summed E-state index contributed by atoms with van der Waals surface area (Å²) in [6.45, 7) is 0. The Bertz CT molecular complexity index is 1130. The minimum Gasteiger partial charge on any atom is -0.286 e. The summed E-state index contributed by atoms with van der Waals surface area (Å²) in [5.41, 5.74) is 4.04. The third kappa shape index (κ3) is 2.91. The van der Waals surface area contributed by atoms with Gasteiger partial charge in [-0.2, -0.15) is 0 Å². The third-order valence-electron chi connectivity index (χ3n) is 4.68. The predicted molar refractivity (Wildman–Crippen MR) is 105 cm³/mol. The first-order valence-electron chi connectivity index (χ1n) is 8.71. The molecule has 0 fully saturated rings. The lowest BCUT2D eigenvalue weighted by Crippen LogP contribution is -2.20. The molecule has 0 aliphatic heterocycles. The molecule has 5 rings (SSSR count). The number of rotatable bonds is 0. The molecule has 0 unspecified atom stereocenters. The van der Waals surface area contributed by atoms with Gasteiger partial charge in [0.05, 0.1) is 0 Å². The van der Waals surface area contributed by atoms with Crippen molar-refractivity contribution >= 4 is 29.2 Å². The minimum absolute atomic E-state index is 0.408. The number of benzene rings is 3. The summed E-state index contributed by atoms with van der Waals surface area (Å²) in [5.74, 6) is -1.66. The lowest BCUT2D eigenvalue weighted by Gasteiger charge is -2.16. The van der Waals surface area contributed by atoms with Gasteiger partial charge in [-0.1, -0.05) is 78.9 Å². The minimum atomic E-state index is -0.436. The highest BCUT2D eigenvalue weighted by atomic mass is 16.2. The summed E-state index contributed by atoms with van der Waals surface area (Å²) >= 11 is 0. The molecule has 4 heteroatoms. The SMILES string of the molecule is O=C1C(=O)c2ccccc2-c2ccccc21.O=C1C=Cc2ccccc2C1=O. The Labute approximate surface area is 161 Å². The van der Waals surface area contributed by atoms with Gasteiger partial charge in [0.1, 0.15) is 0 Å².